The molecule has 0 bridgehead atoms. The molecule has 0 radical (unpaired) electrons. The molecular weight excluding hydrogens is 414 g/mol. The maximum absolute atomic E-state index is 13.1. The lowest BCUT2D eigenvalue weighted by Gasteiger charge is -2.29. The molecule has 0 saturated heterocycles. The lowest BCUT2D eigenvalue weighted by atomic mass is 9.92. The summed E-state index contributed by atoms with van der Waals surface area (Å²) in [5.41, 5.74) is 3.89. The van der Waals surface area contributed by atoms with Crippen molar-refractivity contribution >= 4 is 11.8 Å². The molecule has 3 rings (SSSR count). The Kier molecular flexibility index (Phi) is 7.93. The van der Waals surface area contributed by atoms with E-state index in [1.165, 1.54) is 6.08 Å². The molecule has 0 aliphatic carbocycles. The Morgan fingerprint density at radius 1 is 0.970 bits per heavy atom. The van der Waals surface area contributed by atoms with Gasteiger partial charge in [-0.3, -0.25) is 4.79 Å². The van der Waals surface area contributed by atoms with Gasteiger partial charge in [0.1, 0.15) is 25.8 Å². The van der Waals surface area contributed by atoms with Crippen LogP contribution in [-0.2, 0) is 16.1 Å². The van der Waals surface area contributed by atoms with Gasteiger partial charge in [-0.15, -0.1) is 0 Å². The third-order valence-electron chi connectivity index (χ3n) is 5.54. The molecule has 0 spiro atoms. The molecule has 1 atom stereocenters. The highest BCUT2D eigenvalue weighted by Crippen LogP contribution is 2.28. The summed E-state index contributed by atoms with van der Waals surface area (Å²) in [7, 11) is 4.16. The molecule has 5 nitrogen and oxygen atoms in total. The molecular formula is C28H30NO4+. The van der Waals surface area contributed by atoms with E-state index in [-0.39, 0.29) is 5.78 Å². The van der Waals surface area contributed by atoms with Gasteiger partial charge < -0.3 is 14.3 Å². The Morgan fingerprint density at radius 3 is 2.27 bits per heavy atom. The molecule has 170 valence electrons. The Balaban J connectivity index is 1.74. The Labute approximate surface area is 195 Å². The largest absolute Gasteiger partial charge is 0.457 e. The number of rotatable bonds is 10. The number of ketones is 1. The normalized spacial score (nSPS) is 12.1. The number of nitrogens with zero attached hydrogens (tertiary/aromatic N) is 1. The smallest absolute Gasteiger partial charge is 0.330 e. The van der Waals surface area contributed by atoms with E-state index in [1.54, 1.807) is 30.3 Å². The summed E-state index contributed by atoms with van der Waals surface area (Å²) in [5, 5.41) is 10.6. The second-order valence-electron chi connectivity index (χ2n) is 8.61. The van der Waals surface area contributed by atoms with Crippen molar-refractivity contribution in [1.82, 2.24) is 0 Å². The fraction of sp³-hybridized carbons (Fsp3) is 0.214. The molecule has 0 aliphatic rings. The van der Waals surface area contributed by atoms with Gasteiger partial charge in [-0.05, 0) is 16.7 Å². The lowest BCUT2D eigenvalue weighted by Crippen LogP contribution is -2.41. The summed E-state index contributed by atoms with van der Waals surface area (Å²) < 4.78 is 5.76. The highest BCUT2D eigenvalue weighted by atomic mass is 16.5. The number of carbonyl (C=O) groups excluding carboxylic acids is 2. The van der Waals surface area contributed by atoms with E-state index in [2.05, 4.69) is 20.7 Å². The first-order valence-electron chi connectivity index (χ1n) is 10.9. The van der Waals surface area contributed by atoms with Gasteiger partial charge in [0.05, 0.1) is 14.1 Å². The third kappa shape index (κ3) is 6.48. The van der Waals surface area contributed by atoms with Crippen LogP contribution >= 0.6 is 0 Å². The van der Waals surface area contributed by atoms with Crippen LogP contribution in [0.5, 0.6) is 0 Å². The zero-order valence-corrected chi connectivity index (χ0v) is 19.1. The molecule has 3 aromatic carbocycles. The predicted molar refractivity (Wildman–Crippen MR) is 129 cm³/mol. The number of aliphatic hydroxyl groups is 1. The van der Waals surface area contributed by atoms with Gasteiger partial charge in [-0.2, -0.15) is 0 Å². The average molecular weight is 445 g/mol. The van der Waals surface area contributed by atoms with E-state index in [0.717, 1.165) is 23.2 Å². The van der Waals surface area contributed by atoms with Crippen LogP contribution in [0.3, 0.4) is 0 Å². The summed E-state index contributed by atoms with van der Waals surface area (Å²) in [5.74, 6) is -0.738. The van der Waals surface area contributed by atoms with E-state index < -0.39 is 12.1 Å². The summed E-state index contributed by atoms with van der Waals surface area (Å²) in [4.78, 5) is 24.3. The molecule has 0 fully saturated rings. The van der Waals surface area contributed by atoms with Gasteiger partial charge >= 0.3 is 5.97 Å². The van der Waals surface area contributed by atoms with Crippen molar-refractivity contribution in [2.75, 3.05) is 27.2 Å². The quantitative estimate of drug-likeness (QED) is 0.215. The van der Waals surface area contributed by atoms with Crippen LogP contribution in [0.1, 0.15) is 27.6 Å². The number of ether oxygens (including phenoxy) is 1. The Bertz CT molecular complexity index is 1100. The maximum Gasteiger partial charge on any atom is 0.330 e. The summed E-state index contributed by atoms with van der Waals surface area (Å²) in [6.45, 7) is 5.17. The van der Waals surface area contributed by atoms with Crippen molar-refractivity contribution in [3.05, 3.63) is 108 Å². The average Bonchev–Trinajstić information content (AvgIpc) is 2.83. The molecule has 3 aromatic rings. The van der Waals surface area contributed by atoms with Gasteiger partial charge in [0, 0.05) is 17.2 Å². The van der Waals surface area contributed by atoms with Gasteiger partial charge in [-0.1, -0.05) is 85.4 Å². The van der Waals surface area contributed by atoms with Crippen LogP contribution in [0.25, 0.3) is 11.1 Å². The van der Waals surface area contributed by atoms with Crippen molar-refractivity contribution in [2.45, 2.75) is 12.6 Å². The highest BCUT2D eigenvalue weighted by Gasteiger charge is 2.22. The molecule has 0 heterocycles. The van der Waals surface area contributed by atoms with Crippen molar-refractivity contribution in [1.29, 1.82) is 0 Å². The van der Waals surface area contributed by atoms with Crippen molar-refractivity contribution in [3.8, 4) is 11.1 Å². The molecule has 1 N–H and O–H groups in total. The van der Waals surface area contributed by atoms with Gasteiger partial charge in [-0.25, -0.2) is 4.79 Å². The minimum absolute atomic E-state index is 0.326. The lowest BCUT2D eigenvalue weighted by molar-refractivity contribution is -0.903. The van der Waals surface area contributed by atoms with Crippen LogP contribution in [0.4, 0.5) is 0 Å². The van der Waals surface area contributed by atoms with Crippen LogP contribution in [0.2, 0.25) is 0 Å². The van der Waals surface area contributed by atoms with E-state index in [1.807, 2.05) is 48.5 Å². The summed E-state index contributed by atoms with van der Waals surface area (Å²) in [6.07, 6.45) is -0.0416. The molecule has 0 aromatic heterocycles. The summed E-state index contributed by atoms with van der Waals surface area (Å²) >= 11 is 0. The molecule has 5 heteroatoms. The Morgan fingerprint density at radius 2 is 1.61 bits per heavy atom. The first-order chi connectivity index (χ1) is 15.8. The van der Waals surface area contributed by atoms with E-state index in [0.29, 0.717) is 28.8 Å². The van der Waals surface area contributed by atoms with Crippen molar-refractivity contribution in [2.24, 2.45) is 0 Å². The molecule has 0 amide bonds. The minimum Gasteiger partial charge on any atom is -0.457 e. The monoisotopic (exact) mass is 444 g/mol. The standard InChI is InChI=1S/C28H30NO4/c1-4-26(30)33-19-18-29(2,3)20-21-14-16-22(17-15-21)24-12-8-9-13-25(24)28(32)27(31)23-10-6-5-7-11-23/h4-17,27,31H,1,18-20H2,2-3H3/q+1. The number of esters is 1. The first-order valence-corrected chi connectivity index (χ1v) is 10.9. The fourth-order valence-electron chi connectivity index (χ4n) is 3.70. The predicted octanol–water partition coefficient (Wildman–Crippen LogP) is 4.58. The van der Waals surface area contributed by atoms with Crippen molar-refractivity contribution in [3.63, 3.8) is 0 Å². The Hall–Kier alpha value is -3.54. The molecule has 0 saturated carbocycles. The number of hydrogen-bond donors (Lipinski definition) is 1. The molecule has 0 aliphatic heterocycles. The topological polar surface area (TPSA) is 63.6 Å². The zero-order chi connectivity index (χ0) is 23.8. The van der Waals surface area contributed by atoms with E-state index in [9.17, 15) is 14.7 Å². The van der Waals surface area contributed by atoms with E-state index >= 15 is 0 Å². The number of hydrogen-bond acceptors (Lipinski definition) is 4. The number of Topliss-reactive ketones (excluding diaryl/α,β-unsaturated/α-hetero) is 1. The first kappa shape index (κ1) is 24.1. The van der Waals surface area contributed by atoms with Gasteiger partial charge in [0.25, 0.3) is 0 Å². The second-order valence-corrected chi connectivity index (χ2v) is 8.61. The van der Waals surface area contributed by atoms with Crippen LogP contribution < -0.4 is 0 Å². The maximum atomic E-state index is 13.1. The van der Waals surface area contributed by atoms with Crippen LogP contribution in [-0.4, -0.2) is 48.6 Å². The zero-order valence-electron chi connectivity index (χ0n) is 19.1. The number of quaternary nitrogens is 1. The number of likely N-dealkylation sites (N-methyl/N-ethyl adjacent to an activating group) is 1. The van der Waals surface area contributed by atoms with Gasteiger partial charge in [0.15, 0.2) is 5.78 Å². The summed E-state index contributed by atoms with van der Waals surface area (Å²) in [6, 6.07) is 24.4. The van der Waals surface area contributed by atoms with Crippen LogP contribution in [0.15, 0.2) is 91.5 Å². The van der Waals surface area contributed by atoms with E-state index in [4.69, 9.17) is 4.74 Å². The minimum atomic E-state index is -1.21. The number of carbonyl (C=O) groups is 2. The molecule has 33 heavy (non-hydrogen) atoms. The molecule has 1 unspecified atom stereocenters. The van der Waals surface area contributed by atoms with Crippen LogP contribution in [0, 0.1) is 0 Å². The van der Waals surface area contributed by atoms with Crippen molar-refractivity contribution < 1.29 is 23.9 Å². The fourth-order valence-corrected chi connectivity index (χ4v) is 3.70. The third-order valence-corrected chi connectivity index (χ3v) is 5.54. The highest BCUT2D eigenvalue weighted by molar-refractivity contribution is 6.05. The number of aliphatic hydroxyl groups excluding tert-OH is 1. The second kappa shape index (κ2) is 10.9. The number of benzene rings is 3. The SMILES string of the molecule is C=CC(=O)OCC[N+](C)(C)Cc1ccc(-c2ccccc2C(=O)C(O)c2ccccc2)cc1. The van der Waals surface area contributed by atoms with Gasteiger partial charge in [0.2, 0.25) is 0 Å².